The molecule has 0 bridgehead atoms. The second-order valence-corrected chi connectivity index (χ2v) is 6.78. The van der Waals surface area contributed by atoms with Crippen LogP contribution < -0.4 is 10.6 Å². The molecule has 0 aromatic heterocycles. The summed E-state index contributed by atoms with van der Waals surface area (Å²) in [6, 6.07) is 14.0. The van der Waals surface area contributed by atoms with Gasteiger partial charge in [-0.05, 0) is 67.1 Å². The van der Waals surface area contributed by atoms with E-state index in [0.717, 1.165) is 17.1 Å². The summed E-state index contributed by atoms with van der Waals surface area (Å²) in [6.45, 7) is 2.14. The molecular formula is C21H27ClN2. The maximum atomic E-state index is 5.88. The Morgan fingerprint density at radius 1 is 1.08 bits per heavy atom. The molecule has 0 spiro atoms. The third-order valence-electron chi connectivity index (χ3n) is 4.21. The summed E-state index contributed by atoms with van der Waals surface area (Å²) in [5.74, 6) is 0. The zero-order valence-electron chi connectivity index (χ0n) is 14.8. The van der Waals surface area contributed by atoms with Crippen LogP contribution in [0.5, 0.6) is 0 Å². The van der Waals surface area contributed by atoms with E-state index in [-0.39, 0.29) is 0 Å². The number of benzene rings is 2. The molecule has 2 N–H and O–H groups in total. The minimum atomic E-state index is 0.817. The first kappa shape index (κ1) is 18.4. The van der Waals surface area contributed by atoms with Gasteiger partial charge in [0.1, 0.15) is 0 Å². The van der Waals surface area contributed by atoms with E-state index in [1.165, 1.54) is 36.1 Å². The molecule has 2 aromatic rings. The maximum absolute atomic E-state index is 5.88. The van der Waals surface area contributed by atoms with Crippen LogP contribution in [0.3, 0.4) is 0 Å². The molecule has 1 fully saturated rings. The minimum Gasteiger partial charge on any atom is -0.399 e. The molecule has 3 rings (SSSR count). The highest BCUT2D eigenvalue weighted by Gasteiger charge is 2.07. The van der Waals surface area contributed by atoms with Gasteiger partial charge >= 0.3 is 0 Å². The Morgan fingerprint density at radius 3 is 2.25 bits per heavy atom. The molecule has 0 unspecified atom stereocenters. The largest absolute Gasteiger partial charge is 0.399 e. The molecule has 0 radical (unpaired) electrons. The fourth-order valence-electron chi connectivity index (χ4n) is 2.63. The van der Waals surface area contributed by atoms with E-state index in [0.29, 0.717) is 0 Å². The van der Waals surface area contributed by atoms with Gasteiger partial charge in [0.2, 0.25) is 0 Å². The third kappa shape index (κ3) is 5.31. The molecule has 24 heavy (non-hydrogen) atoms. The van der Waals surface area contributed by atoms with Gasteiger partial charge in [-0.2, -0.15) is 0 Å². The average Bonchev–Trinajstić information content (AvgIpc) is 2.52. The van der Waals surface area contributed by atoms with E-state index in [1.807, 2.05) is 38.4 Å². The van der Waals surface area contributed by atoms with Crippen LogP contribution >= 0.6 is 11.6 Å². The van der Waals surface area contributed by atoms with E-state index in [2.05, 4.69) is 36.1 Å². The van der Waals surface area contributed by atoms with Crippen molar-refractivity contribution in [1.29, 1.82) is 0 Å². The van der Waals surface area contributed by atoms with Gasteiger partial charge in [-0.3, -0.25) is 0 Å². The number of hydrogen-bond donors (Lipinski definition) is 1. The Morgan fingerprint density at radius 2 is 1.75 bits per heavy atom. The SMILES string of the molecule is CCc1cc(Cl)ccc1N(C)C.Nc1ccc(C=C2CCC2)cc1. The summed E-state index contributed by atoms with van der Waals surface area (Å²) in [7, 11) is 4.09. The van der Waals surface area contributed by atoms with Crippen molar-refractivity contribution < 1.29 is 0 Å². The Labute approximate surface area is 150 Å². The lowest BCUT2D eigenvalue weighted by Crippen LogP contribution is -2.10. The Balaban J connectivity index is 0.000000174. The quantitative estimate of drug-likeness (QED) is 0.714. The van der Waals surface area contributed by atoms with Crippen LogP contribution in [0.4, 0.5) is 11.4 Å². The summed E-state index contributed by atoms with van der Waals surface area (Å²) in [6.07, 6.45) is 7.21. The predicted octanol–water partition coefficient (Wildman–Crippen LogP) is 5.80. The van der Waals surface area contributed by atoms with E-state index >= 15 is 0 Å². The van der Waals surface area contributed by atoms with Crippen molar-refractivity contribution in [3.05, 3.63) is 64.2 Å². The predicted molar refractivity (Wildman–Crippen MR) is 108 cm³/mol. The molecule has 3 heteroatoms. The number of anilines is 2. The number of halogens is 1. The number of allylic oxidation sites excluding steroid dienone is 1. The average molecular weight is 343 g/mol. The van der Waals surface area contributed by atoms with E-state index < -0.39 is 0 Å². The van der Waals surface area contributed by atoms with Crippen LogP contribution in [-0.4, -0.2) is 14.1 Å². The third-order valence-corrected chi connectivity index (χ3v) is 4.44. The molecule has 0 heterocycles. The van der Waals surface area contributed by atoms with Crippen molar-refractivity contribution in [2.75, 3.05) is 24.7 Å². The first-order valence-corrected chi connectivity index (χ1v) is 8.88. The van der Waals surface area contributed by atoms with Crippen molar-refractivity contribution in [3.8, 4) is 0 Å². The molecule has 128 valence electrons. The van der Waals surface area contributed by atoms with E-state index in [1.54, 1.807) is 5.57 Å². The van der Waals surface area contributed by atoms with Gasteiger partial charge in [0.05, 0.1) is 0 Å². The van der Waals surface area contributed by atoms with Crippen LogP contribution in [0.15, 0.2) is 48.0 Å². The lowest BCUT2D eigenvalue weighted by Gasteiger charge is -2.16. The molecule has 0 aliphatic heterocycles. The smallest absolute Gasteiger partial charge is 0.0410 e. The van der Waals surface area contributed by atoms with Gasteiger partial charge in [-0.25, -0.2) is 0 Å². The highest BCUT2D eigenvalue weighted by molar-refractivity contribution is 6.30. The first-order chi connectivity index (χ1) is 11.5. The molecule has 0 atom stereocenters. The lowest BCUT2D eigenvalue weighted by molar-refractivity contribution is 0.670. The molecule has 2 nitrogen and oxygen atoms in total. The number of aryl methyl sites for hydroxylation is 1. The minimum absolute atomic E-state index is 0.817. The molecular weight excluding hydrogens is 316 g/mol. The second-order valence-electron chi connectivity index (χ2n) is 6.34. The first-order valence-electron chi connectivity index (χ1n) is 8.50. The molecule has 0 amide bonds. The van der Waals surface area contributed by atoms with Crippen LogP contribution in [0.2, 0.25) is 5.02 Å². The van der Waals surface area contributed by atoms with Crippen LogP contribution in [0.1, 0.15) is 37.3 Å². The van der Waals surface area contributed by atoms with Gasteiger partial charge in [0, 0.05) is 30.5 Å². The van der Waals surface area contributed by atoms with Crippen molar-refractivity contribution in [2.45, 2.75) is 32.6 Å². The van der Waals surface area contributed by atoms with Crippen LogP contribution in [-0.2, 0) is 6.42 Å². The van der Waals surface area contributed by atoms with E-state index in [9.17, 15) is 0 Å². The number of hydrogen-bond acceptors (Lipinski definition) is 2. The Kier molecular flexibility index (Phi) is 6.74. The maximum Gasteiger partial charge on any atom is 0.0410 e. The summed E-state index contributed by atoms with van der Waals surface area (Å²) < 4.78 is 0. The summed E-state index contributed by atoms with van der Waals surface area (Å²) in [4.78, 5) is 2.11. The van der Waals surface area contributed by atoms with Gasteiger partial charge in [-0.1, -0.05) is 42.3 Å². The monoisotopic (exact) mass is 342 g/mol. The number of nitrogens with zero attached hydrogens (tertiary/aromatic N) is 1. The highest BCUT2D eigenvalue weighted by atomic mass is 35.5. The van der Waals surface area contributed by atoms with Gasteiger partial charge in [-0.15, -0.1) is 0 Å². The molecule has 1 saturated carbocycles. The van der Waals surface area contributed by atoms with Gasteiger partial charge in [0.15, 0.2) is 0 Å². The summed E-state index contributed by atoms with van der Waals surface area (Å²) >= 11 is 5.88. The number of nitrogen functional groups attached to an aromatic ring is 1. The standard InChI is InChI=1S/C11H13N.C10H14ClN/c12-11-6-4-10(5-7-11)8-9-2-1-3-9;1-4-8-7-9(11)5-6-10(8)12(2)3/h4-8H,1-3,12H2;5-7H,4H2,1-3H3. The van der Waals surface area contributed by atoms with Gasteiger partial charge in [0.25, 0.3) is 0 Å². The second kappa shape index (κ2) is 8.79. The highest BCUT2D eigenvalue weighted by Crippen LogP contribution is 2.27. The Bertz CT molecular complexity index is 681. The van der Waals surface area contributed by atoms with Crippen molar-refractivity contribution in [3.63, 3.8) is 0 Å². The fourth-order valence-corrected chi connectivity index (χ4v) is 2.82. The van der Waals surface area contributed by atoms with Crippen molar-refractivity contribution in [1.82, 2.24) is 0 Å². The lowest BCUT2D eigenvalue weighted by atomic mass is 9.91. The molecule has 2 aromatic carbocycles. The van der Waals surface area contributed by atoms with Crippen molar-refractivity contribution >= 4 is 29.1 Å². The Hall–Kier alpha value is -1.93. The topological polar surface area (TPSA) is 29.3 Å². The molecule has 1 aliphatic carbocycles. The molecule has 1 aliphatic rings. The van der Waals surface area contributed by atoms with Gasteiger partial charge < -0.3 is 10.6 Å². The number of nitrogens with two attached hydrogens (primary N) is 1. The van der Waals surface area contributed by atoms with Crippen LogP contribution in [0.25, 0.3) is 6.08 Å². The van der Waals surface area contributed by atoms with Crippen molar-refractivity contribution in [2.24, 2.45) is 0 Å². The summed E-state index contributed by atoms with van der Waals surface area (Å²) in [5.41, 5.74) is 11.8. The summed E-state index contributed by atoms with van der Waals surface area (Å²) in [5, 5.41) is 0.817. The normalized spacial score (nSPS) is 12.8. The van der Waals surface area contributed by atoms with Crippen LogP contribution in [0, 0.1) is 0 Å². The zero-order valence-corrected chi connectivity index (χ0v) is 15.6. The fraction of sp³-hybridized carbons (Fsp3) is 0.333. The number of rotatable bonds is 3. The molecule has 0 saturated heterocycles. The van der Waals surface area contributed by atoms with E-state index in [4.69, 9.17) is 17.3 Å². The zero-order chi connectivity index (χ0) is 17.5.